The number of aromatic carboxylic acids is 1. The van der Waals surface area contributed by atoms with Gasteiger partial charge in [-0.25, -0.2) is 4.79 Å². The molecule has 0 bridgehead atoms. The second-order valence-electron chi connectivity index (χ2n) is 4.99. The minimum Gasteiger partial charge on any atom is -0.478 e. The molecule has 0 aliphatic carbocycles. The first-order chi connectivity index (χ1) is 11.7. The van der Waals surface area contributed by atoms with Gasteiger partial charge in [0.2, 0.25) is 0 Å². The summed E-state index contributed by atoms with van der Waals surface area (Å²) in [5.41, 5.74) is -2.02. The Labute approximate surface area is 140 Å². The van der Waals surface area contributed by atoms with Gasteiger partial charge in [-0.05, 0) is 24.6 Å². The minimum absolute atomic E-state index is 0.199. The third kappa shape index (κ3) is 3.58. The Bertz CT molecular complexity index is 876. The molecule has 2 aromatic rings. The summed E-state index contributed by atoms with van der Waals surface area (Å²) in [5, 5.41) is 33.5. The van der Waals surface area contributed by atoms with E-state index in [1.54, 1.807) is 6.92 Å². The number of benzene rings is 2. The number of nitrogens with one attached hydrogen (secondary N) is 1. The van der Waals surface area contributed by atoms with Gasteiger partial charge in [-0.2, -0.15) is 0 Å². The van der Waals surface area contributed by atoms with Gasteiger partial charge in [-0.15, -0.1) is 0 Å². The van der Waals surface area contributed by atoms with Crippen molar-refractivity contribution in [1.29, 1.82) is 0 Å². The normalized spacial score (nSPS) is 10.1. The van der Waals surface area contributed by atoms with Crippen LogP contribution in [0.2, 0.25) is 0 Å². The maximum atomic E-state index is 12.4. The number of amides is 1. The molecule has 10 heteroatoms. The molecule has 0 saturated heterocycles. The number of anilines is 1. The fraction of sp³-hybridized carbons (Fsp3) is 0.0667. The smallest absolute Gasteiger partial charge is 0.336 e. The predicted octanol–water partition coefficient (Wildman–Crippen LogP) is 2.76. The number of aryl methyl sites for hydroxylation is 1. The molecule has 10 nitrogen and oxygen atoms in total. The van der Waals surface area contributed by atoms with E-state index in [1.807, 2.05) is 0 Å². The lowest BCUT2D eigenvalue weighted by Crippen LogP contribution is -2.19. The Hall–Kier alpha value is -3.82. The third-order valence-corrected chi connectivity index (χ3v) is 3.29. The molecule has 25 heavy (non-hydrogen) atoms. The number of hydrogen-bond donors (Lipinski definition) is 2. The number of carboxylic acid groups (broad SMARTS) is 1. The zero-order chi connectivity index (χ0) is 18.7. The summed E-state index contributed by atoms with van der Waals surface area (Å²) in [7, 11) is 0. The molecule has 0 spiro atoms. The number of carboxylic acids is 1. The first-order valence-electron chi connectivity index (χ1n) is 6.79. The fourth-order valence-corrected chi connectivity index (χ4v) is 2.19. The Balaban J connectivity index is 2.55. The van der Waals surface area contributed by atoms with Crippen LogP contribution >= 0.6 is 0 Å². The van der Waals surface area contributed by atoms with Crippen LogP contribution in [0.5, 0.6) is 0 Å². The molecule has 0 heterocycles. The van der Waals surface area contributed by atoms with Crippen molar-refractivity contribution in [3.63, 3.8) is 0 Å². The Morgan fingerprint density at radius 2 is 1.68 bits per heavy atom. The standard InChI is InChI=1S/C15H11N3O7/c1-8-5-6-10(12(7-8)18(24)25)16-14(19)13-9(15(20)21)3-2-4-11(13)17(22)23/h2-7H,1H3,(H,16,19)(H,20,21). The molecule has 128 valence electrons. The Morgan fingerprint density at radius 1 is 1.04 bits per heavy atom. The molecule has 0 aliphatic heterocycles. The summed E-state index contributed by atoms with van der Waals surface area (Å²) in [5.74, 6) is -2.66. The molecule has 0 radical (unpaired) electrons. The van der Waals surface area contributed by atoms with Crippen molar-refractivity contribution in [2.24, 2.45) is 0 Å². The fourth-order valence-electron chi connectivity index (χ4n) is 2.19. The molecule has 2 rings (SSSR count). The highest BCUT2D eigenvalue weighted by molar-refractivity contribution is 6.13. The molecule has 0 aliphatic rings. The zero-order valence-electron chi connectivity index (χ0n) is 12.8. The van der Waals surface area contributed by atoms with E-state index in [2.05, 4.69) is 5.32 Å². The van der Waals surface area contributed by atoms with Crippen molar-refractivity contribution in [2.75, 3.05) is 5.32 Å². The predicted molar refractivity (Wildman–Crippen MR) is 85.8 cm³/mol. The highest BCUT2D eigenvalue weighted by atomic mass is 16.6. The van der Waals surface area contributed by atoms with Crippen LogP contribution in [0.1, 0.15) is 26.3 Å². The van der Waals surface area contributed by atoms with Crippen molar-refractivity contribution in [3.05, 3.63) is 73.3 Å². The molecule has 0 atom stereocenters. The largest absolute Gasteiger partial charge is 0.478 e. The zero-order valence-corrected chi connectivity index (χ0v) is 12.8. The molecular formula is C15H11N3O7. The number of rotatable bonds is 5. The topological polar surface area (TPSA) is 153 Å². The van der Waals surface area contributed by atoms with E-state index in [4.69, 9.17) is 5.11 Å². The van der Waals surface area contributed by atoms with Crippen molar-refractivity contribution >= 4 is 28.9 Å². The van der Waals surface area contributed by atoms with Gasteiger partial charge in [0.25, 0.3) is 17.3 Å². The van der Waals surface area contributed by atoms with Crippen LogP contribution in [0.25, 0.3) is 0 Å². The highest BCUT2D eigenvalue weighted by Crippen LogP contribution is 2.28. The summed E-state index contributed by atoms with van der Waals surface area (Å²) < 4.78 is 0. The van der Waals surface area contributed by atoms with Crippen LogP contribution in [-0.4, -0.2) is 26.8 Å². The van der Waals surface area contributed by atoms with Crippen LogP contribution in [0.15, 0.2) is 36.4 Å². The van der Waals surface area contributed by atoms with Gasteiger partial charge in [-0.1, -0.05) is 12.1 Å². The maximum absolute atomic E-state index is 12.4. The molecular weight excluding hydrogens is 334 g/mol. The van der Waals surface area contributed by atoms with E-state index in [-0.39, 0.29) is 5.69 Å². The molecule has 0 unspecified atom stereocenters. The number of nitrogens with zero attached hydrogens (tertiary/aromatic N) is 2. The van der Waals surface area contributed by atoms with Crippen molar-refractivity contribution in [2.45, 2.75) is 6.92 Å². The first-order valence-corrected chi connectivity index (χ1v) is 6.79. The summed E-state index contributed by atoms with van der Waals surface area (Å²) in [6, 6.07) is 7.12. The van der Waals surface area contributed by atoms with Gasteiger partial charge in [0.15, 0.2) is 0 Å². The monoisotopic (exact) mass is 345 g/mol. The van der Waals surface area contributed by atoms with Crippen LogP contribution in [-0.2, 0) is 0 Å². The van der Waals surface area contributed by atoms with Crippen molar-refractivity contribution in [1.82, 2.24) is 0 Å². The van der Waals surface area contributed by atoms with Crippen molar-refractivity contribution < 1.29 is 24.5 Å². The number of nitro benzene ring substituents is 2. The Morgan fingerprint density at radius 3 is 2.24 bits per heavy atom. The van der Waals surface area contributed by atoms with Gasteiger partial charge >= 0.3 is 5.97 Å². The SMILES string of the molecule is Cc1ccc(NC(=O)c2c(C(=O)O)cccc2[N+](=O)[O-])c([N+](=O)[O-])c1. The van der Waals surface area contributed by atoms with Gasteiger partial charge in [0.1, 0.15) is 11.3 Å². The number of carbonyl (C=O) groups is 2. The van der Waals surface area contributed by atoms with E-state index >= 15 is 0 Å². The number of hydrogen-bond acceptors (Lipinski definition) is 6. The van der Waals surface area contributed by atoms with E-state index in [9.17, 15) is 29.8 Å². The van der Waals surface area contributed by atoms with Gasteiger partial charge in [0.05, 0.1) is 15.4 Å². The van der Waals surface area contributed by atoms with Crippen molar-refractivity contribution in [3.8, 4) is 0 Å². The third-order valence-electron chi connectivity index (χ3n) is 3.29. The van der Waals surface area contributed by atoms with Crippen LogP contribution in [0, 0.1) is 27.2 Å². The molecule has 0 saturated carbocycles. The molecule has 2 aromatic carbocycles. The molecule has 0 aromatic heterocycles. The van der Waals surface area contributed by atoms with E-state index in [0.717, 1.165) is 18.2 Å². The summed E-state index contributed by atoms with van der Waals surface area (Å²) in [6.45, 7) is 1.61. The Kier molecular flexibility index (Phi) is 4.73. The average molecular weight is 345 g/mol. The highest BCUT2D eigenvalue weighted by Gasteiger charge is 2.28. The van der Waals surface area contributed by atoms with E-state index < -0.39 is 44.2 Å². The van der Waals surface area contributed by atoms with E-state index in [0.29, 0.717) is 5.56 Å². The maximum Gasteiger partial charge on any atom is 0.336 e. The summed E-state index contributed by atoms with van der Waals surface area (Å²) in [4.78, 5) is 44.3. The second-order valence-corrected chi connectivity index (χ2v) is 4.99. The average Bonchev–Trinajstić information content (AvgIpc) is 2.55. The van der Waals surface area contributed by atoms with Crippen LogP contribution < -0.4 is 5.32 Å². The summed E-state index contributed by atoms with van der Waals surface area (Å²) in [6.07, 6.45) is 0. The summed E-state index contributed by atoms with van der Waals surface area (Å²) >= 11 is 0. The minimum atomic E-state index is -1.53. The van der Waals surface area contributed by atoms with Crippen LogP contribution in [0.4, 0.5) is 17.1 Å². The molecule has 0 fully saturated rings. The lowest BCUT2D eigenvalue weighted by molar-refractivity contribution is -0.385. The molecule has 2 N–H and O–H groups in total. The van der Waals surface area contributed by atoms with Crippen LogP contribution in [0.3, 0.4) is 0 Å². The van der Waals surface area contributed by atoms with Gasteiger partial charge in [0, 0.05) is 12.1 Å². The first kappa shape index (κ1) is 17.5. The molecule has 1 amide bonds. The van der Waals surface area contributed by atoms with E-state index in [1.165, 1.54) is 18.2 Å². The second kappa shape index (κ2) is 6.74. The number of nitro groups is 2. The number of carbonyl (C=O) groups excluding carboxylic acids is 1. The van der Waals surface area contributed by atoms with Gasteiger partial charge in [-0.3, -0.25) is 25.0 Å². The van der Waals surface area contributed by atoms with Gasteiger partial charge < -0.3 is 10.4 Å². The lowest BCUT2D eigenvalue weighted by Gasteiger charge is -2.09. The quantitative estimate of drug-likeness (QED) is 0.624. The lowest BCUT2D eigenvalue weighted by atomic mass is 10.0.